The number of nitrogens with two attached hydrogens (primary N) is 1. The van der Waals surface area contributed by atoms with Crippen LogP contribution in [0.3, 0.4) is 0 Å². The van der Waals surface area contributed by atoms with Crippen molar-refractivity contribution in [2.24, 2.45) is 5.14 Å². The zero-order valence-corrected chi connectivity index (χ0v) is 13.7. The first-order chi connectivity index (χ1) is 9.29. The van der Waals surface area contributed by atoms with E-state index in [1.165, 1.54) is 12.1 Å². The Morgan fingerprint density at radius 2 is 1.95 bits per heavy atom. The highest BCUT2D eigenvalue weighted by Crippen LogP contribution is 2.30. The average molecular weight is 382 g/mol. The fraction of sp³-hybridized carbons (Fsp3) is 0.417. The fourth-order valence-corrected chi connectivity index (χ4v) is 4.07. The quantitative estimate of drug-likeness (QED) is 0.842. The Kier molecular flexibility index (Phi) is 4.73. The van der Waals surface area contributed by atoms with Gasteiger partial charge in [0.15, 0.2) is 0 Å². The van der Waals surface area contributed by atoms with Crippen molar-refractivity contribution in [1.82, 2.24) is 5.32 Å². The smallest absolute Gasteiger partial charge is 0.251 e. The van der Waals surface area contributed by atoms with Crippen molar-refractivity contribution in [2.75, 3.05) is 0 Å². The zero-order valence-electron chi connectivity index (χ0n) is 10.5. The maximum Gasteiger partial charge on any atom is 0.251 e. The van der Waals surface area contributed by atoms with E-state index in [2.05, 4.69) is 21.2 Å². The van der Waals surface area contributed by atoms with Crippen LogP contribution in [-0.4, -0.2) is 20.4 Å². The number of carbonyl (C=O) groups is 1. The first kappa shape index (κ1) is 15.8. The third-order valence-corrected chi connectivity index (χ3v) is 5.83. The van der Waals surface area contributed by atoms with E-state index >= 15 is 0 Å². The summed E-state index contributed by atoms with van der Waals surface area (Å²) in [5.74, 6) is -0.337. The third-order valence-electron chi connectivity index (χ3n) is 3.25. The number of halogens is 2. The van der Waals surface area contributed by atoms with Crippen LogP contribution in [0.15, 0.2) is 21.5 Å². The molecular weight excluding hydrogens is 368 g/mol. The normalized spacial score (nSPS) is 16.4. The molecule has 2 rings (SSSR count). The second-order valence-corrected chi connectivity index (χ2v) is 7.50. The number of benzene rings is 1. The van der Waals surface area contributed by atoms with Crippen LogP contribution in [0.5, 0.6) is 0 Å². The lowest BCUT2D eigenvalue weighted by molar-refractivity contribution is 0.0937. The molecule has 0 spiro atoms. The van der Waals surface area contributed by atoms with E-state index in [1.54, 1.807) is 0 Å². The van der Waals surface area contributed by atoms with Gasteiger partial charge in [0.2, 0.25) is 10.0 Å². The monoisotopic (exact) mass is 380 g/mol. The molecule has 0 heterocycles. The highest BCUT2D eigenvalue weighted by atomic mass is 79.9. The molecule has 0 atom stereocenters. The number of nitrogens with one attached hydrogen (secondary N) is 1. The van der Waals surface area contributed by atoms with Gasteiger partial charge in [-0.05, 0) is 40.9 Å². The maximum absolute atomic E-state index is 12.1. The number of carbonyl (C=O) groups excluding carboxylic acids is 1. The van der Waals surface area contributed by atoms with Crippen LogP contribution in [0, 0.1) is 0 Å². The van der Waals surface area contributed by atoms with Gasteiger partial charge in [-0.1, -0.05) is 24.4 Å². The molecule has 1 aliphatic carbocycles. The highest BCUT2D eigenvalue weighted by Gasteiger charge is 2.22. The number of sulfonamides is 1. The first-order valence-electron chi connectivity index (χ1n) is 6.12. The second kappa shape index (κ2) is 6.01. The van der Waals surface area contributed by atoms with Crippen molar-refractivity contribution in [3.8, 4) is 0 Å². The summed E-state index contributed by atoms with van der Waals surface area (Å²) < 4.78 is 23.1. The lowest BCUT2D eigenvalue weighted by Gasteiger charge is -2.13. The van der Waals surface area contributed by atoms with Gasteiger partial charge in [-0.3, -0.25) is 4.79 Å². The van der Waals surface area contributed by atoms with Gasteiger partial charge < -0.3 is 5.32 Å². The zero-order chi connectivity index (χ0) is 14.9. The van der Waals surface area contributed by atoms with E-state index in [1.807, 2.05) is 0 Å². The fourth-order valence-electron chi connectivity index (χ4n) is 2.24. The van der Waals surface area contributed by atoms with Gasteiger partial charge >= 0.3 is 0 Å². The molecule has 0 unspecified atom stereocenters. The molecule has 1 aromatic rings. The minimum atomic E-state index is -3.95. The molecule has 0 radical (unpaired) electrons. The molecule has 1 aromatic carbocycles. The van der Waals surface area contributed by atoms with Crippen LogP contribution in [0.25, 0.3) is 0 Å². The molecular formula is C12H14BrClN2O3S. The van der Waals surface area contributed by atoms with Gasteiger partial charge in [-0.25, -0.2) is 13.6 Å². The molecule has 0 aromatic heterocycles. The summed E-state index contributed by atoms with van der Waals surface area (Å²) in [6, 6.07) is 2.79. The lowest BCUT2D eigenvalue weighted by Crippen LogP contribution is -2.32. The molecule has 0 saturated heterocycles. The van der Waals surface area contributed by atoms with Crippen molar-refractivity contribution < 1.29 is 13.2 Å². The van der Waals surface area contributed by atoms with Crippen LogP contribution < -0.4 is 10.5 Å². The SMILES string of the molecule is NS(=O)(=O)c1cc(C(=O)NC2CCCC2)cc(Cl)c1Br. The summed E-state index contributed by atoms with van der Waals surface area (Å²) in [5, 5.41) is 8.12. The predicted molar refractivity (Wildman–Crippen MR) is 80.2 cm³/mol. The molecule has 1 fully saturated rings. The number of hydrogen-bond acceptors (Lipinski definition) is 3. The largest absolute Gasteiger partial charge is 0.349 e. The summed E-state index contributed by atoms with van der Waals surface area (Å²) in [7, 11) is -3.95. The predicted octanol–water partition coefficient (Wildman–Crippen LogP) is 2.42. The van der Waals surface area contributed by atoms with E-state index in [-0.39, 0.29) is 31.9 Å². The van der Waals surface area contributed by atoms with Gasteiger partial charge in [-0.2, -0.15) is 0 Å². The summed E-state index contributed by atoms with van der Waals surface area (Å²) in [6.45, 7) is 0. The van der Waals surface area contributed by atoms with Crippen LogP contribution in [0.4, 0.5) is 0 Å². The molecule has 1 saturated carbocycles. The summed E-state index contributed by atoms with van der Waals surface area (Å²) in [5.41, 5.74) is 0.189. The van der Waals surface area contributed by atoms with E-state index < -0.39 is 10.0 Å². The standard InChI is InChI=1S/C12H14BrClN2O3S/c13-11-9(14)5-7(6-10(11)20(15,18)19)12(17)16-8-3-1-2-4-8/h5-6,8H,1-4H2,(H,16,17)(H2,15,18,19). The Morgan fingerprint density at radius 3 is 2.50 bits per heavy atom. The molecule has 3 N–H and O–H groups in total. The Bertz CT molecular complexity index is 642. The van der Waals surface area contributed by atoms with Crippen molar-refractivity contribution in [1.29, 1.82) is 0 Å². The molecule has 110 valence electrons. The lowest BCUT2D eigenvalue weighted by atomic mass is 10.2. The van der Waals surface area contributed by atoms with E-state index in [0.717, 1.165) is 25.7 Å². The van der Waals surface area contributed by atoms with Gasteiger partial charge in [0, 0.05) is 11.6 Å². The highest BCUT2D eigenvalue weighted by molar-refractivity contribution is 9.10. The Balaban J connectivity index is 2.32. The second-order valence-electron chi connectivity index (χ2n) is 4.77. The average Bonchev–Trinajstić information content (AvgIpc) is 2.83. The van der Waals surface area contributed by atoms with Crippen LogP contribution in [0.1, 0.15) is 36.0 Å². The minimum Gasteiger partial charge on any atom is -0.349 e. The van der Waals surface area contributed by atoms with Crippen molar-refractivity contribution in [3.63, 3.8) is 0 Å². The molecule has 0 aliphatic heterocycles. The van der Waals surface area contributed by atoms with E-state index in [0.29, 0.717) is 0 Å². The molecule has 1 aliphatic rings. The summed E-state index contributed by atoms with van der Waals surface area (Å²) >= 11 is 9.00. The van der Waals surface area contributed by atoms with Gasteiger partial charge in [-0.15, -0.1) is 0 Å². The summed E-state index contributed by atoms with van der Waals surface area (Å²) in [4.78, 5) is 11.9. The third kappa shape index (κ3) is 3.52. The number of hydrogen-bond donors (Lipinski definition) is 2. The van der Waals surface area contributed by atoms with Gasteiger partial charge in [0.25, 0.3) is 5.91 Å². The molecule has 20 heavy (non-hydrogen) atoms. The maximum atomic E-state index is 12.1. The number of primary sulfonamides is 1. The minimum absolute atomic E-state index is 0.132. The molecule has 5 nitrogen and oxygen atoms in total. The molecule has 1 amide bonds. The van der Waals surface area contributed by atoms with Gasteiger partial charge in [0.05, 0.1) is 14.4 Å². The molecule has 8 heteroatoms. The van der Waals surface area contributed by atoms with Crippen molar-refractivity contribution in [3.05, 3.63) is 27.2 Å². The Morgan fingerprint density at radius 1 is 1.35 bits per heavy atom. The number of rotatable bonds is 3. The van der Waals surface area contributed by atoms with Crippen LogP contribution in [0.2, 0.25) is 5.02 Å². The van der Waals surface area contributed by atoms with Crippen LogP contribution in [-0.2, 0) is 10.0 Å². The van der Waals surface area contributed by atoms with Crippen molar-refractivity contribution in [2.45, 2.75) is 36.6 Å². The Hall–Kier alpha value is -0.630. The molecule has 0 bridgehead atoms. The van der Waals surface area contributed by atoms with Gasteiger partial charge in [0.1, 0.15) is 0 Å². The summed E-state index contributed by atoms with van der Waals surface area (Å²) in [6.07, 6.45) is 4.07. The topological polar surface area (TPSA) is 89.3 Å². The first-order valence-corrected chi connectivity index (χ1v) is 8.83. The van der Waals surface area contributed by atoms with E-state index in [9.17, 15) is 13.2 Å². The Labute approximate surface area is 131 Å². The van der Waals surface area contributed by atoms with Crippen LogP contribution >= 0.6 is 27.5 Å². The van der Waals surface area contributed by atoms with E-state index in [4.69, 9.17) is 16.7 Å². The number of amides is 1. The van der Waals surface area contributed by atoms with Crippen molar-refractivity contribution >= 4 is 43.5 Å².